The Balaban J connectivity index is 2.15. The molecule has 0 bridgehead atoms. The van der Waals surface area contributed by atoms with Crippen LogP contribution in [0.2, 0.25) is 0 Å². The highest BCUT2D eigenvalue weighted by molar-refractivity contribution is 7.80. The van der Waals surface area contributed by atoms with Crippen LogP contribution in [0.25, 0.3) is 0 Å². The number of rotatable bonds is 5. The standard InChI is InChI=1S/C13H14FN3S2/c1-2-8-6-17-11(19-8)7-16-10-5-3-4-9(14)12(10)13(15)18/h3-6,16H,2,7H2,1H3,(H2,15,18). The molecule has 0 aliphatic carbocycles. The Kier molecular flexibility index (Phi) is 4.44. The van der Waals surface area contributed by atoms with E-state index in [0.29, 0.717) is 12.2 Å². The fourth-order valence-electron chi connectivity index (χ4n) is 1.69. The van der Waals surface area contributed by atoms with Gasteiger partial charge < -0.3 is 11.1 Å². The molecule has 6 heteroatoms. The van der Waals surface area contributed by atoms with Gasteiger partial charge in [0.15, 0.2) is 0 Å². The number of aryl methyl sites for hydroxylation is 1. The Morgan fingerprint density at radius 2 is 2.32 bits per heavy atom. The summed E-state index contributed by atoms with van der Waals surface area (Å²) in [6, 6.07) is 4.73. The third kappa shape index (κ3) is 3.27. The van der Waals surface area contributed by atoms with Gasteiger partial charge in [0.2, 0.25) is 0 Å². The van der Waals surface area contributed by atoms with Crippen LogP contribution in [0.1, 0.15) is 22.4 Å². The van der Waals surface area contributed by atoms with Crippen LogP contribution >= 0.6 is 23.6 Å². The lowest BCUT2D eigenvalue weighted by Gasteiger charge is -2.10. The van der Waals surface area contributed by atoms with Crippen molar-refractivity contribution in [2.45, 2.75) is 19.9 Å². The average Bonchev–Trinajstić information content (AvgIpc) is 2.83. The minimum Gasteiger partial charge on any atom is -0.389 e. The molecule has 3 nitrogen and oxygen atoms in total. The summed E-state index contributed by atoms with van der Waals surface area (Å²) < 4.78 is 13.7. The monoisotopic (exact) mass is 295 g/mol. The van der Waals surface area contributed by atoms with E-state index in [4.69, 9.17) is 18.0 Å². The van der Waals surface area contributed by atoms with Gasteiger partial charge in [-0.05, 0) is 18.6 Å². The zero-order valence-electron chi connectivity index (χ0n) is 10.4. The summed E-state index contributed by atoms with van der Waals surface area (Å²) >= 11 is 6.51. The molecular weight excluding hydrogens is 281 g/mol. The number of nitrogens with two attached hydrogens (primary N) is 1. The lowest BCUT2D eigenvalue weighted by Crippen LogP contribution is -2.15. The highest BCUT2D eigenvalue weighted by Crippen LogP contribution is 2.21. The van der Waals surface area contributed by atoms with E-state index in [2.05, 4.69) is 17.2 Å². The van der Waals surface area contributed by atoms with Crippen molar-refractivity contribution in [1.82, 2.24) is 4.98 Å². The van der Waals surface area contributed by atoms with Crippen LogP contribution in [0.15, 0.2) is 24.4 Å². The first-order valence-electron chi connectivity index (χ1n) is 5.87. The molecule has 100 valence electrons. The van der Waals surface area contributed by atoms with Crippen LogP contribution in [0.3, 0.4) is 0 Å². The second-order valence-corrected chi connectivity index (χ2v) is 5.59. The van der Waals surface area contributed by atoms with Crippen molar-refractivity contribution < 1.29 is 4.39 Å². The Labute approximate surface area is 120 Å². The first kappa shape index (κ1) is 13.9. The molecule has 0 aliphatic heterocycles. The van der Waals surface area contributed by atoms with Crippen molar-refractivity contribution in [1.29, 1.82) is 0 Å². The summed E-state index contributed by atoms with van der Waals surface area (Å²) in [6.45, 7) is 2.62. The quantitative estimate of drug-likeness (QED) is 0.832. The van der Waals surface area contributed by atoms with Gasteiger partial charge in [0.1, 0.15) is 15.8 Å². The third-order valence-electron chi connectivity index (χ3n) is 2.64. The normalized spacial score (nSPS) is 10.4. The minimum atomic E-state index is -0.411. The van der Waals surface area contributed by atoms with Crippen LogP contribution in [-0.4, -0.2) is 9.97 Å². The Morgan fingerprint density at radius 1 is 1.53 bits per heavy atom. The summed E-state index contributed by atoms with van der Waals surface area (Å²) in [6.07, 6.45) is 2.83. The molecule has 0 radical (unpaired) electrons. The van der Waals surface area contributed by atoms with E-state index in [9.17, 15) is 4.39 Å². The molecule has 1 heterocycles. The Bertz CT molecular complexity index is 595. The van der Waals surface area contributed by atoms with Gasteiger partial charge in [0.05, 0.1) is 12.1 Å². The van der Waals surface area contributed by atoms with Crippen LogP contribution in [0.5, 0.6) is 0 Å². The average molecular weight is 295 g/mol. The molecule has 3 N–H and O–H groups in total. The highest BCUT2D eigenvalue weighted by Gasteiger charge is 2.11. The fourth-order valence-corrected chi connectivity index (χ4v) is 2.70. The zero-order valence-corrected chi connectivity index (χ0v) is 12.1. The lowest BCUT2D eigenvalue weighted by atomic mass is 10.1. The number of anilines is 1. The van der Waals surface area contributed by atoms with Crippen LogP contribution in [0, 0.1) is 5.82 Å². The SMILES string of the molecule is CCc1cnc(CNc2cccc(F)c2C(N)=S)s1. The van der Waals surface area contributed by atoms with E-state index in [1.165, 1.54) is 10.9 Å². The predicted octanol–water partition coefficient (Wildman–Crippen LogP) is 3.09. The van der Waals surface area contributed by atoms with Crippen LogP contribution in [-0.2, 0) is 13.0 Å². The number of benzene rings is 1. The Morgan fingerprint density at radius 3 is 2.95 bits per heavy atom. The molecule has 0 aliphatic rings. The molecular formula is C13H14FN3S2. The largest absolute Gasteiger partial charge is 0.389 e. The second-order valence-electron chi connectivity index (χ2n) is 3.95. The van der Waals surface area contributed by atoms with Crippen molar-refractivity contribution in [3.63, 3.8) is 0 Å². The maximum Gasteiger partial charge on any atom is 0.135 e. The molecule has 0 atom stereocenters. The maximum atomic E-state index is 13.7. The molecule has 1 aromatic carbocycles. The highest BCUT2D eigenvalue weighted by atomic mass is 32.1. The molecule has 1 aromatic heterocycles. The van der Waals surface area contributed by atoms with Crippen LogP contribution in [0.4, 0.5) is 10.1 Å². The molecule has 19 heavy (non-hydrogen) atoms. The van der Waals surface area contributed by atoms with Gasteiger partial charge in [0, 0.05) is 16.8 Å². The summed E-state index contributed by atoms with van der Waals surface area (Å²) in [7, 11) is 0. The third-order valence-corrected chi connectivity index (χ3v) is 3.99. The van der Waals surface area contributed by atoms with Crippen molar-refractivity contribution in [3.8, 4) is 0 Å². The summed E-state index contributed by atoms with van der Waals surface area (Å²) in [4.78, 5) is 5.57. The molecule has 0 unspecified atom stereocenters. The van der Waals surface area contributed by atoms with Gasteiger partial charge in [-0.15, -0.1) is 11.3 Å². The molecule has 0 spiro atoms. The van der Waals surface area contributed by atoms with Gasteiger partial charge in [0.25, 0.3) is 0 Å². The minimum absolute atomic E-state index is 0.0500. The van der Waals surface area contributed by atoms with Crippen molar-refractivity contribution in [3.05, 3.63) is 45.7 Å². The molecule has 0 saturated carbocycles. The number of halogens is 1. The zero-order chi connectivity index (χ0) is 13.8. The van der Waals surface area contributed by atoms with E-state index >= 15 is 0 Å². The van der Waals surface area contributed by atoms with Crippen LogP contribution < -0.4 is 11.1 Å². The van der Waals surface area contributed by atoms with Gasteiger partial charge in [-0.2, -0.15) is 0 Å². The topological polar surface area (TPSA) is 50.9 Å². The second kappa shape index (κ2) is 6.08. The predicted molar refractivity (Wildman–Crippen MR) is 81.1 cm³/mol. The van der Waals surface area contributed by atoms with E-state index in [1.54, 1.807) is 23.5 Å². The van der Waals surface area contributed by atoms with E-state index in [-0.39, 0.29) is 10.6 Å². The number of nitrogens with one attached hydrogen (secondary N) is 1. The van der Waals surface area contributed by atoms with Gasteiger partial charge in [-0.1, -0.05) is 25.2 Å². The smallest absolute Gasteiger partial charge is 0.135 e. The molecule has 2 aromatic rings. The summed E-state index contributed by atoms with van der Waals surface area (Å²) in [5.74, 6) is -0.411. The van der Waals surface area contributed by atoms with Gasteiger partial charge in [-0.25, -0.2) is 9.37 Å². The van der Waals surface area contributed by atoms with Gasteiger partial charge >= 0.3 is 0 Å². The number of hydrogen-bond donors (Lipinski definition) is 2. The molecule has 0 fully saturated rings. The molecule has 2 rings (SSSR count). The maximum absolute atomic E-state index is 13.7. The van der Waals surface area contributed by atoms with Crippen molar-refractivity contribution >= 4 is 34.2 Å². The fraction of sp³-hybridized carbons (Fsp3) is 0.231. The number of nitrogens with zero attached hydrogens (tertiary/aromatic N) is 1. The molecule has 0 amide bonds. The van der Waals surface area contributed by atoms with E-state index in [1.807, 2.05) is 6.20 Å². The summed E-state index contributed by atoms with van der Waals surface area (Å²) in [5.41, 5.74) is 6.40. The molecule has 0 saturated heterocycles. The van der Waals surface area contributed by atoms with E-state index in [0.717, 1.165) is 11.4 Å². The lowest BCUT2D eigenvalue weighted by molar-refractivity contribution is 0.626. The first-order chi connectivity index (χ1) is 9.11. The Hall–Kier alpha value is -1.53. The van der Waals surface area contributed by atoms with Crippen molar-refractivity contribution in [2.75, 3.05) is 5.32 Å². The number of aromatic nitrogens is 1. The van der Waals surface area contributed by atoms with Crippen molar-refractivity contribution in [2.24, 2.45) is 5.73 Å². The number of hydrogen-bond acceptors (Lipinski definition) is 4. The van der Waals surface area contributed by atoms with E-state index < -0.39 is 5.82 Å². The number of thiazole rings is 1. The van der Waals surface area contributed by atoms with Gasteiger partial charge in [-0.3, -0.25) is 0 Å². The first-order valence-corrected chi connectivity index (χ1v) is 7.10. The summed E-state index contributed by atoms with van der Waals surface area (Å²) in [5, 5.41) is 4.08. The number of thiocarbonyl (C=S) groups is 1.